The van der Waals surface area contributed by atoms with E-state index >= 15 is 0 Å². The van der Waals surface area contributed by atoms with Crippen molar-refractivity contribution in [2.45, 2.75) is 25.9 Å². The summed E-state index contributed by atoms with van der Waals surface area (Å²) in [5.74, 6) is 1.70. The van der Waals surface area contributed by atoms with E-state index in [2.05, 4.69) is 30.1 Å². The van der Waals surface area contributed by atoms with Crippen LogP contribution in [0.25, 0.3) is 0 Å². The molecule has 1 saturated heterocycles. The molecule has 1 N–H and O–H groups in total. The first-order valence-corrected chi connectivity index (χ1v) is 6.37. The molecule has 0 aromatic heterocycles. The van der Waals surface area contributed by atoms with Crippen molar-refractivity contribution in [2.24, 2.45) is 0 Å². The van der Waals surface area contributed by atoms with E-state index in [0.717, 1.165) is 30.3 Å². The average Bonchev–Trinajstić information content (AvgIpc) is 2.36. The van der Waals surface area contributed by atoms with Gasteiger partial charge < -0.3 is 19.7 Å². The van der Waals surface area contributed by atoms with Crippen LogP contribution in [-0.2, 0) is 0 Å². The number of rotatable bonds is 3. The zero-order chi connectivity index (χ0) is 13.1. The molecule has 18 heavy (non-hydrogen) atoms. The van der Waals surface area contributed by atoms with Gasteiger partial charge in [0.15, 0.2) is 0 Å². The third kappa shape index (κ3) is 2.70. The maximum atomic E-state index is 5.47. The highest BCUT2D eigenvalue weighted by Gasteiger charge is 2.23. The quantitative estimate of drug-likeness (QED) is 0.888. The van der Waals surface area contributed by atoms with Crippen LogP contribution in [0, 0.1) is 0 Å². The zero-order valence-corrected chi connectivity index (χ0v) is 11.6. The number of anilines is 1. The number of nitrogens with one attached hydrogen (secondary N) is 1. The number of hydrogen-bond acceptors (Lipinski definition) is 4. The molecule has 4 heteroatoms. The summed E-state index contributed by atoms with van der Waals surface area (Å²) < 4.78 is 10.7. The Morgan fingerprint density at radius 2 is 1.78 bits per heavy atom. The standard InChI is InChI=1S/C14H22N2O2/c1-10-8-16(9-11(2)15-10)13-6-5-12(17-3)7-14(13)18-4/h5-7,10-11,15H,8-9H2,1-4H3. The van der Waals surface area contributed by atoms with Gasteiger partial charge in [-0.2, -0.15) is 0 Å². The summed E-state index contributed by atoms with van der Waals surface area (Å²) in [6, 6.07) is 6.96. The molecule has 0 aliphatic carbocycles. The summed E-state index contributed by atoms with van der Waals surface area (Å²) in [6.45, 7) is 6.40. The summed E-state index contributed by atoms with van der Waals surface area (Å²) >= 11 is 0. The third-order valence-electron chi connectivity index (χ3n) is 3.29. The predicted octanol–water partition coefficient (Wildman–Crippen LogP) is 1.89. The lowest BCUT2D eigenvalue weighted by molar-refractivity contribution is 0.383. The van der Waals surface area contributed by atoms with E-state index in [1.807, 2.05) is 12.1 Å². The van der Waals surface area contributed by atoms with Crippen LogP contribution in [0.4, 0.5) is 5.69 Å². The molecular weight excluding hydrogens is 228 g/mol. The van der Waals surface area contributed by atoms with Gasteiger partial charge in [-0.15, -0.1) is 0 Å². The number of nitrogens with zero attached hydrogens (tertiary/aromatic N) is 1. The second kappa shape index (κ2) is 5.48. The van der Waals surface area contributed by atoms with Gasteiger partial charge in [0, 0.05) is 31.2 Å². The van der Waals surface area contributed by atoms with Gasteiger partial charge in [-0.25, -0.2) is 0 Å². The van der Waals surface area contributed by atoms with Gasteiger partial charge in [-0.3, -0.25) is 0 Å². The molecule has 0 spiro atoms. The summed E-state index contributed by atoms with van der Waals surface area (Å²) in [4.78, 5) is 2.37. The molecular formula is C14H22N2O2. The Balaban J connectivity index is 2.26. The molecule has 0 radical (unpaired) electrons. The Kier molecular flexibility index (Phi) is 3.97. The SMILES string of the molecule is COc1ccc(N2CC(C)NC(C)C2)c(OC)c1. The minimum absolute atomic E-state index is 0.487. The molecule has 0 saturated carbocycles. The van der Waals surface area contributed by atoms with Crippen molar-refractivity contribution in [1.29, 1.82) is 0 Å². The highest BCUT2D eigenvalue weighted by molar-refractivity contribution is 5.61. The van der Waals surface area contributed by atoms with Gasteiger partial charge >= 0.3 is 0 Å². The molecule has 4 nitrogen and oxygen atoms in total. The van der Waals surface area contributed by atoms with Crippen molar-refractivity contribution in [1.82, 2.24) is 5.32 Å². The number of benzene rings is 1. The Morgan fingerprint density at radius 1 is 1.11 bits per heavy atom. The fourth-order valence-corrected chi connectivity index (χ4v) is 2.57. The fourth-order valence-electron chi connectivity index (χ4n) is 2.57. The maximum Gasteiger partial charge on any atom is 0.145 e. The Labute approximate surface area is 109 Å². The first-order chi connectivity index (χ1) is 8.63. The molecule has 1 aliphatic rings. The van der Waals surface area contributed by atoms with E-state index in [-0.39, 0.29) is 0 Å². The van der Waals surface area contributed by atoms with E-state index in [1.54, 1.807) is 14.2 Å². The lowest BCUT2D eigenvalue weighted by atomic mass is 10.1. The van der Waals surface area contributed by atoms with Gasteiger partial charge in [0.2, 0.25) is 0 Å². The highest BCUT2D eigenvalue weighted by Crippen LogP contribution is 2.33. The molecule has 1 aromatic carbocycles. The van der Waals surface area contributed by atoms with Crippen LogP contribution < -0.4 is 19.7 Å². The molecule has 2 unspecified atom stereocenters. The van der Waals surface area contributed by atoms with Crippen molar-refractivity contribution in [3.05, 3.63) is 18.2 Å². The number of hydrogen-bond donors (Lipinski definition) is 1. The maximum absolute atomic E-state index is 5.47. The molecule has 2 atom stereocenters. The van der Waals surface area contributed by atoms with E-state index in [9.17, 15) is 0 Å². The van der Waals surface area contributed by atoms with Crippen molar-refractivity contribution in [3.8, 4) is 11.5 Å². The van der Waals surface area contributed by atoms with Crippen molar-refractivity contribution in [3.63, 3.8) is 0 Å². The number of methoxy groups -OCH3 is 2. The fraction of sp³-hybridized carbons (Fsp3) is 0.571. The summed E-state index contributed by atoms with van der Waals surface area (Å²) in [7, 11) is 3.37. The number of piperazine rings is 1. The molecule has 1 aliphatic heterocycles. The van der Waals surface area contributed by atoms with Crippen molar-refractivity contribution < 1.29 is 9.47 Å². The topological polar surface area (TPSA) is 33.7 Å². The van der Waals surface area contributed by atoms with Crippen molar-refractivity contribution >= 4 is 5.69 Å². The predicted molar refractivity (Wildman–Crippen MR) is 73.8 cm³/mol. The van der Waals surface area contributed by atoms with E-state index in [4.69, 9.17) is 9.47 Å². The second-order valence-corrected chi connectivity index (χ2v) is 4.91. The van der Waals surface area contributed by atoms with Gasteiger partial charge in [-0.05, 0) is 26.0 Å². The first-order valence-electron chi connectivity index (χ1n) is 6.37. The smallest absolute Gasteiger partial charge is 0.145 e. The molecule has 1 heterocycles. The molecule has 0 amide bonds. The van der Waals surface area contributed by atoms with E-state index < -0.39 is 0 Å². The van der Waals surface area contributed by atoms with E-state index in [0.29, 0.717) is 12.1 Å². The monoisotopic (exact) mass is 250 g/mol. The Morgan fingerprint density at radius 3 is 2.33 bits per heavy atom. The average molecular weight is 250 g/mol. The van der Waals surface area contributed by atoms with E-state index in [1.165, 1.54) is 0 Å². The van der Waals surface area contributed by atoms with Crippen LogP contribution in [0.15, 0.2) is 18.2 Å². The Bertz CT molecular complexity index is 399. The van der Waals surface area contributed by atoms with Crippen LogP contribution in [0.5, 0.6) is 11.5 Å². The normalized spacial score (nSPS) is 23.9. The number of ether oxygens (including phenoxy) is 2. The second-order valence-electron chi connectivity index (χ2n) is 4.91. The van der Waals surface area contributed by atoms with Crippen LogP contribution >= 0.6 is 0 Å². The highest BCUT2D eigenvalue weighted by atomic mass is 16.5. The van der Waals surface area contributed by atoms with Crippen LogP contribution in [0.3, 0.4) is 0 Å². The third-order valence-corrected chi connectivity index (χ3v) is 3.29. The first kappa shape index (κ1) is 13.0. The van der Waals surface area contributed by atoms with Crippen LogP contribution in [-0.4, -0.2) is 39.4 Å². The van der Waals surface area contributed by atoms with Crippen molar-refractivity contribution in [2.75, 3.05) is 32.2 Å². The summed E-state index contributed by atoms with van der Waals surface area (Å²) in [5, 5.41) is 3.53. The minimum Gasteiger partial charge on any atom is -0.497 e. The lowest BCUT2D eigenvalue weighted by Crippen LogP contribution is -2.54. The zero-order valence-electron chi connectivity index (χ0n) is 11.6. The molecule has 100 valence electrons. The molecule has 2 rings (SSSR count). The van der Waals surface area contributed by atoms with Gasteiger partial charge in [0.05, 0.1) is 19.9 Å². The minimum atomic E-state index is 0.487. The van der Waals surface area contributed by atoms with Gasteiger partial charge in [0.25, 0.3) is 0 Å². The van der Waals surface area contributed by atoms with Gasteiger partial charge in [-0.1, -0.05) is 0 Å². The summed E-state index contributed by atoms with van der Waals surface area (Å²) in [6.07, 6.45) is 0. The lowest BCUT2D eigenvalue weighted by Gasteiger charge is -2.38. The molecule has 1 aromatic rings. The van der Waals surface area contributed by atoms with Crippen LogP contribution in [0.1, 0.15) is 13.8 Å². The largest absolute Gasteiger partial charge is 0.497 e. The summed E-state index contributed by atoms with van der Waals surface area (Å²) in [5.41, 5.74) is 1.14. The van der Waals surface area contributed by atoms with Crippen LogP contribution in [0.2, 0.25) is 0 Å². The molecule has 1 fully saturated rings. The Hall–Kier alpha value is -1.42. The molecule has 0 bridgehead atoms. The van der Waals surface area contributed by atoms with Gasteiger partial charge in [0.1, 0.15) is 11.5 Å².